The van der Waals surface area contributed by atoms with E-state index in [-0.39, 0.29) is 13.2 Å². The molecule has 0 aliphatic carbocycles. The van der Waals surface area contributed by atoms with Gasteiger partial charge in [0, 0.05) is 26.7 Å². The van der Waals surface area contributed by atoms with Crippen LogP contribution >= 0.6 is 0 Å². The molecule has 1 N–H and O–H groups in total. The number of hydrogen-bond donors (Lipinski definition) is 1. The standard InChI is InChI=1S/C11H22N2O3/c1-4-6-7-12(3)10(15)11(16)13(5-2)8-9-14/h14H,4-9H2,1-3H3. The number of aliphatic hydroxyl groups is 1. The Labute approximate surface area is 97.0 Å². The van der Waals surface area contributed by atoms with Gasteiger partial charge in [0.2, 0.25) is 0 Å². The molecular weight excluding hydrogens is 208 g/mol. The fourth-order valence-corrected chi connectivity index (χ4v) is 1.32. The number of amides is 2. The number of hydrogen-bond acceptors (Lipinski definition) is 3. The fourth-order valence-electron chi connectivity index (χ4n) is 1.32. The molecule has 0 fully saturated rings. The number of unbranched alkanes of at least 4 members (excludes halogenated alkanes) is 1. The Morgan fingerprint density at radius 2 is 1.75 bits per heavy atom. The first-order chi connectivity index (χ1) is 7.58. The van der Waals surface area contributed by atoms with E-state index in [1.807, 2.05) is 6.92 Å². The van der Waals surface area contributed by atoms with Gasteiger partial charge in [0.05, 0.1) is 6.61 Å². The third-order valence-corrected chi connectivity index (χ3v) is 2.42. The lowest BCUT2D eigenvalue weighted by Crippen LogP contribution is -2.45. The Hall–Kier alpha value is -1.10. The van der Waals surface area contributed by atoms with Crippen LogP contribution < -0.4 is 0 Å². The molecule has 0 aliphatic heterocycles. The number of aliphatic hydroxyl groups excluding tert-OH is 1. The number of carbonyl (C=O) groups excluding carboxylic acids is 2. The molecule has 0 unspecified atom stereocenters. The first-order valence-electron chi connectivity index (χ1n) is 5.73. The summed E-state index contributed by atoms with van der Waals surface area (Å²) in [4.78, 5) is 26.2. The Bertz CT molecular complexity index is 231. The van der Waals surface area contributed by atoms with Crippen LogP contribution in [0.15, 0.2) is 0 Å². The summed E-state index contributed by atoms with van der Waals surface area (Å²) in [5.74, 6) is -1.03. The van der Waals surface area contributed by atoms with Crippen molar-refractivity contribution < 1.29 is 14.7 Å². The monoisotopic (exact) mass is 230 g/mol. The van der Waals surface area contributed by atoms with Gasteiger partial charge in [-0.1, -0.05) is 13.3 Å². The summed E-state index contributed by atoms with van der Waals surface area (Å²) in [5, 5.41) is 8.76. The van der Waals surface area contributed by atoms with E-state index in [4.69, 9.17) is 5.11 Å². The van der Waals surface area contributed by atoms with Gasteiger partial charge in [0.1, 0.15) is 0 Å². The van der Waals surface area contributed by atoms with Crippen LogP contribution in [0.1, 0.15) is 26.7 Å². The molecule has 16 heavy (non-hydrogen) atoms. The highest BCUT2D eigenvalue weighted by molar-refractivity contribution is 6.34. The second-order valence-electron chi connectivity index (χ2n) is 3.69. The van der Waals surface area contributed by atoms with Gasteiger partial charge in [-0.2, -0.15) is 0 Å². The van der Waals surface area contributed by atoms with Crippen molar-refractivity contribution in [3.63, 3.8) is 0 Å². The molecule has 0 saturated heterocycles. The third-order valence-electron chi connectivity index (χ3n) is 2.42. The van der Waals surface area contributed by atoms with Gasteiger partial charge in [-0.05, 0) is 13.3 Å². The van der Waals surface area contributed by atoms with Crippen LogP contribution in [0.2, 0.25) is 0 Å². The minimum atomic E-state index is -0.532. The maximum Gasteiger partial charge on any atom is 0.312 e. The first-order valence-corrected chi connectivity index (χ1v) is 5.73. The predicted octanol–water partition coefficient (Wildman–Crippen LogP) is 0.0857. The van der Waals surface area contributed by atoms with E-state index in [2.05, 4.69) is 0 Å². The van der Waals surface area contributed by atoms with Gasteiger partial charge in [-0.15, -0.1) is 0 Å². The topological polar surface area (TPSA) is 60.9 Å². The lowest BCUT2D eigenvalue weighted by molar-refractivity contribution is -0.151. The number of rotatable bonds is 6. The zero-order chi connectivity index (χ0) is 12.6. The summed E-state index contributed by atoms with van der Waals surface area (Å²) in [5.41, 5.74) is 0. The van der Waals surface area contributed by atoms with E-state index in [0.29, 0.717) is 13.1 Å². The summed E-state index contributed by atoms with van der Waals surface area (Å²) < 4.78 is 0. The second kappa shape index (κ2) is 8.10. The van der Waals surface area contributed by atoms with Crippen LogP contribution in [0.4, 0.5) is 0 Å². The van der Waals surface area contributed by atoms with Gasteiger partial charge in [0.15, 0.2) is 0 Å². The maximum atomic E-state index is 11.7. The van der Waals surface area contributed by atoms with E-state index >= 15 is 0 Å². The third kappa shape index (κ3) is 4.61. The van der Waals surface area contributed by atoms with Gasteiger partial charge >= 0.3 is 11.8 Å². The summed E-state index contributed by atoms with van der Waals surface area (Å²) in [6, 6.07) is 0. The molecule has 0 saturated carbocycles. The SMILES string of the molecule is CCCCN(C)C(=O)C(=O)N(CC)CCO. The number of nitrogens with zero attached hydrogens (tertiary/aromatic N) is 2. The van der Waals surface area contributed by atoms with Crippen molar-refractivity contribution >= 4 is 11.8 Å². The Morgan fingerprint density at radius 3 is 2.19 bits per heavy atom. The molecule has 0 atom stereocenters. The van der Waals surface area contributed by atoms with E-state index in [9.17, 15) is 9.59 Å². The number of carbonyl (C=O) groups is 2. The van der Waals surface area contributed by atoms with Gasteiger partial charge in [0.25, 0.3) is 0 Å². The fraction of sp³-hybridized carbons (Fsp3) is 0.818. The molecule has 94 valence electrons. The van der Waals surface area contributed by atoms with Crippen LogP contribution in [0.3, 0.4) is 0 Å². The molecule has 0 heterocycles. The average Bonchev–Trinajstić information content (AvgIpc) is 2.31. The summed E-state index contributed by atoms with van der Waals surface area (Å²) in [7, 11) is 1.63. The van der Waals surface area contributed by atoms with Crippen LogP contribution in [-0.2, 0) is 9.59 Å². The van der Waals surface area contributed by atoms with Crippen LogP contribution in [0, 0.1) is 0 Å². The van der Waals surface area contributed by atoms with Crippen LogP contribution in [-0.4, -0.2) is 60.0 Å². The smallest absolute Gasteiger partial charge is 0.312 e. The van der Waals surface area contributed by atoms with E-state index in [1.165, 1.54) is 9.80 Å². The van der Waals surface area contributed by atoms with Gasteiger partial charge in [-0.3, -0.25) is 9.59 Å². The lowest BCUT2D eigenvalue weighted by atomic mass is 10.3. The van der Waals surface area contributed by atoms with E-state index < -0.39 is 11.8 Å². The number of likely N-dealkylation sites (N-methyl/N-ethyl adjacent to an activating group) is 2. The largest absolute Gasteiger partial charge is 0.395 e. The molecule has 0 aromatic carbocycles. The molecular formula is C11H22N2O3. The summed E-state index contributed by atoms with van der Waals surface area (Å²) >= 11 is 0. The van der Waals surface area contributed by atoms with Gasteiger partial charge in [-0.25, -0.2) is 0 Å². The van der Waals surface area contributed by atoms with Gasteiger partial charge < -0.3 is 14.9 Å². The first kappa shape index (κ1) is 14.9. The van der Waals surface area contributed by atoms with E-state index in [1.54, 1.807) is 14.0 Å². The van der Waals surface area contributed by atoms with Crippen molar-refractivity contribution in [1.29, 1.82) is 0 Å². The highest BCUT2D eigenvalue weighted by Gasteiger charge is 2.23. The van der Waals surface area contributed by atoms with E-state index in [0.717, 1.165) is 12.8 Å². The summed E-state index contributed by atoms with van der Waals surface area (Å²) in [6.07, 6.45) is 1.88. The van der Waals surface area contributed by atoms with Crippen molar-refractivity contribution in [3.8, 4) is 0 Å². The van der Waals surface area contributed by atoms with Crippen molar-refractivity contribution in [2.24, 2.45) is 0 Å². The highest BCUT2D eigenvalue weighted by atomic mass is 16.3. The molecule has 0 aromatic heterocycles. The van der Waals surface area contributed by atoms with Crippen molar-refractivity contribution in [2.45, 2.75) is 26.7 Å². The Morgan fingerprint density at radius 1 is 1.12 bits per heavy atom. The molecule has 0 radical (unpaired) electrons. The molecule has 0 aromatic rings. The highest BCUT2D eigenvalue weighted by Crippen LogP contribution is 1.97. The normalized spacial score (nSPS) is 10.0. The quantitative estimate of drug-likeness (QED) is 0.658. The molecule has 0 spiro atoms. The molecule has 0 aliphatic rings. The zero-order valence-corrected chi connectivity index (χ0v) is 10.4. The zero-order valence-electron chi connectivity index (χ0n) is 10.4. The van der Waals surface area contributed by atoms with Crippen molar-refractivity contribution in [1.82, 2.24) is 9.80 Å². The van der Waals surface area contributed by atoms with Crippen LogP contribution in [0.25, 0.3) is 0 Å². The molecule has 0 rings (SSSR count). The van der Waals surface area contributed by atoms with Crippen LogP contribution in [0.5, 0.6) is 0 Å². The second-order valence-corrected chi connectivity index (χ2v) is 3.69. The molecule has 0 bridgehead atoms. The Kier molecular flexibility index (Phi) is 7.54. The maximum absolute atomic E-state index is 11.7. The lowest BCUT2D eigenvalue weighted by Gasteiger charge is -2.22. The van der Waals surface area contributed by atoms with Crippen molar-refractivity contribution in [2.75, 3.05) is 33.3 Å². The van der Waals surface area contributed by atoms with Crippen molar-refractivity contribution in [3.05, 3.63) is 0 Å². The Balaban J connectivity index is 4.28. The minimum Gasteiger partial charge on any atom is -0.395 e. The molecule has 5 heteroatoms. The molecule has 5 nitrogen and oxygen atoms in total. The molecule has 2 amide bonds. The average molecular weight is 230 g/mol. The summed E-state index contributed by atoms with van der Waals surface area (Å²) in [6.45, 7) is 4.94. The predicted molar refractivity (Wildman–Crippen MR) is 61.9 cm³/mol. The minimum absolute atomic E-state index is 0.120.